The monoisotopic (exact) mass is 250 g/mol. The Hall–Kier alpha value is -0.690. The molecule has 0 saturated carbocycles. The SMILES string of the molecule is COCOC(C)CCC(=O)OCOC(C)CO. The molecule has 17 heavy (non-hydrogen) atoms. The van der Waals surface area contributed by atoms with Gasteiger partial charge in [0.25, 0.3) is 0 Å². The minimum absolute atomic E-state index is 0.0558. The summed E-state index contributed by atoms with van der Waals surface area (Å²) in [6, 6.07) is 0. The first-order valence-electron chi connectivity index (χ1n) is 5.58. The number of rotatable bonds is 10. The van der Waals surface area contributed by atoms with Crippen molar-refractivity contribution >= 4 is 5.97 Å². The number of hydrogen-bond donors (Lipinski definition) is 1. The van der Waals surface area contributed by atoms with E-state index in [1.807, 2.05) is 6.92 Å². The molecular formula is C11H22O6. The van der Waals surface area contributed by atoms with Gasteiger partial charge in [-0.15, -0.1) is 0 Å². The van der Waals surface area contributed by atoms with Gasteiger partial charge < -0.3 is 24.1 Å². The first-order chi connectivity index (χ1) is 8.10. The summed E-state index contributed by atoms with van der Waals surface area (Å²) in [4.78, 5) is 11.2. The lowest BCUT2D eigenvalue weighted by Crippen LogP contribution is -2.18. The van der Waals surface area contributed by atoms with Crippen LogP contribution in [0.2, 0.25) is 0 Å². The molecule has 0 bridgehead atoms. The van der Waals surface area contributed by atoms with Crippen molar-refractivity contribution in [1.29, 1.82) is 0 Å². The molecule has 102 valence electrons. The molecule has 0 fully saturated rings. The lowest BCUT2D eigenvalue weighted by atomic mass is 10.2. The van der Waals surface area contributed by atoms with Gasteiger partial charge in [-0.2, -0.15) is 0 Å². The van der Waals surface area contributed by atoms with Gasteiger partial charge in [-0.05, 0) is 20.3 Å². The number of aliphatic hydroxyl groups excluding tert-OH is 1. The number of ether oxygens (including phenoxy) is 4. The van der Waals surface area contributed by atoms with E-state index in [-0.39, 0.29) is 44.8 Å². The highest BCUT2D eigenvalue weighted by Crippen LogP contribution is 2.03. The van der Waals surface area contributed by atoms with E-state index in [9.17, 15) is 4.79 Å². The second-order valence-corrected chi connectivity index (χ2v) is 3.72. The van der Waals surface area contributed by atoms with Crippen molar-refractivity contribution in [2.45, 2.75) is 38.9 Å². The molecule has 1 N–H and O–H groups in total. The zero-order valence-corrected chi connectivity index (χ0v) is 10.7. The largest absolute Gasteiger partial charge is 0.438 e. The van der Waals surface area contributed by atoms with Gasteiger partial charge in [0.05, 0.1) is 18.8 Å². The summed E-state index contributed by atoms with van der Waals surface area (Å²) in [6.45, 7) is 3.53. The van der Waals surface area contributed by atoms with E-state index in [1.165, 1.54) is 0 Å². The van der Waals surface area contributed by atoms with Crippen LogP contribution in [-0.2, 0) is 23.7 Å². The molecule has 0 aliphatic rings. The summed E-state index contributed by atoms with van der Waals surface area (Å²) in [5, 5.41) is 8.66. The maximum Gasteiger partial charge on any atom is 0.307 e. The van der Waals surface area contributed by atoms with Crippen LogP contribution in [0, 0.1) is 0 Å². The molecule has 6 heteroatoms. The molecule has 2 atom stereocenters. The van der Waals surface area contributed by atoms with Crippen LogP contribution in [0.25, 0.3) is 0 Å². The lowest BCUT2D eigenvalue weighted by Gasteiger charge is -2.12. The molecule has 0 aliphatic carbocycles. The van der Waals surface area contributed by atoms with Gasteiger partial charge in [0.15, 0.2) is 6.79 Å². The minimum Gasteiger partial charge on any atom is -0.438 e. The summed E-state index contributed by atoms with van der Waals surface area (Å²) < 4.78 is 19.7. The van der Waals surface area contributed by atoms with Crippen molar-refractivity contribution in [3.05, 3.63) is 0 Å². The van der Waals surface area contributed by atoms with Crippen LogP contribution in [0.3, 0.4) is 0 Å². The number of hydrogen-bond acceptors (Lipinski definition) is 6. The molecule has 0 aromatic heterocycles. The first-order valence-corrected chi connectivity index (χ1v) is 5.58. The van der Waals surface area contributed by atoms with Crippen molar-refractivity contribution in [3.8, 4) is 0 Å². The third kappa shape index (κ3) is 10.2. The van der Waals surface area contributed by atoms with E-state index in [2.05, 4.69) is 0 Å². The van der Waals surface area contributed by atoms with E-state index in [1.54, 1.807) is 14.0 Å². The Bertz CT molecular complexity index is 196. The minimum atomic E-state index is -0.344. The number of esters is 1. The van der Waals surface area contributed by atoms with Crippen molar-refractivity contribution in [2.75, 3.05) is 27.3 Å². The van der Waals surface area contributed by atoms with E-state index in [4.69, 9.17) is 24.1 Å². The van der Waals surface area contributed by atoms with Gasteiger partial charge in [-0.1, -0.05) is 0 Å². The fraction of sp³-hybridized carbons (Fsp3) is 0.909. The number of aliphatic hydroxyl groups is 1. The third-order valence-corrected chi connectivity index (χ3v) is 2.05. The first kappa shape index (κ1) is 16.3. The highest BCUT2D eigenvalue weighted by atomic mass is 16.7. The topological polar surface area (TPSA) is 74.2 Å². The molecule has 0 amide bonds. The second kappa shape index (κ2) is 10.5. The average Bonchev–Trinajstić information content (AvgIpc) is 2.33. The van der Waals surface area contributed by atoms with E-state index in [0.29, 0.717) is 6.42 Å². The Morgan fingerprint density at radius 3 is 2.41 bits per heavy atom. The molecule has 0 spiro atoms. The quantitative estimate of drug-likeness (QED) is 0.454. The molecule has 0 aliphatic heterocycles. The van der Waals surface area contributed by atoms with Crippen LogP contribution in [0.5, 0.6) is 0 Å². The van der Waals surface area contributed by atoms with Crippen LogP contribution in [0.15, 0.2) is 0 Å². The highest BCUT2D eigenvalue weighted by Gasteiger charge is 2.08. The maximum absolute atomic E-state index is 11.2. The zero-order chi connectivity index (χ0) is 13.1. The molecule has 0 heterocycles. The van der Waals surface area contributed by atoms with Crippen LogP contribution >= 0.6 is 0 Å². The van der Waals surface area contributed by atoms with Gasteiger partial charge in [0.2, 0.25) is 0 Å². The molecule has 0 aromatic rings. The summed E-state index contributed by atoms with van der Waals surface area (Å²) >= 11 is 0. The average molecular weight is 250 g/mol. The van der Waals surface area contributed by atoms with Gasteiger partial charge in [-0.25, -0.2) is 0 Å². The summed E-state index contributed by atoms with van der Waals surface area (Å²) in [5.74, 6) is -0.344. The Morgan fingerprint density at radius 1 is 1.18 bits per heavy atom. The summed E-state index contributed by atoms with van der Waals surface area (Å²) in [6.07, 6.45) is 0.450. The lowest BCUT2D eigenvalue weighted by molar-refractivity contribution is -0.162. The second-order valence-electron chi connectivity index (χ2n) is 3.72. The Balaban J connectivity index is 3.45. The third-order valence-electron chi connectivity index (χ3n) is 2.05. The van der Waals surface area contributed by atoms with Gasteiger partial charge in [0, 0.05) is 13.5 Å². The Morgan fingerprint density at radius 2 is 1.82 bits per heavy atom. The number of methoxy groups -OCH3 is 1. The predicted octanol–water partition coefficient (Wildman–Crippen LogP) is 0.674. The van der Waals surface area contributed by atoms with Crippen molar-refractivity contribution < 1.29 is 28.8 Å². The Kier molecular flexibility index (Phi) is 10.0. The van der Waals surface area contributed by atoms with E-state index >= 15 is 0 Å². The van der Waals surface area contributed by atoms with Crippen LogP contribution in [-0.4, -0.2) is 50.6 Å². The molecule has 0 radical (unpaired) electrons. The normalized spacial score (nSPS) is 14.4. The number of carbonyl (C=O) groups is 1. The number of carbonyl (C=O) groups excluding carboxylic acids is 1. The molecule has 6 nitrogen and oxygen atoms in total. The highest BCUT2D eigenvalue weighted by molar-refractivity contribution is 5.69. The van der Waals surface area contributed by atoms with E-state index in [0.717, 1.165) is 0 Å². The van der Waals surface area contributed by atoms with Crippen LogP contribution < -0.4 is 0 Å². The van der Waals surface area contributed by atoms with Gasteiger partial charge in [-0.3, -0.25) is 4.79 Å². The van der Waals surface area contributed by atoms with Crippen molar-refractivity contribution in [1.82, 2.24) is 0 Å². The molecule has 2 unspecified atom stereocenters. The Labute approximate surface area is 102 Å². The maximum atomic E-state index is 11.2. The molecular weight excluding hydrogens is 228 g/mol. The fourth-order valence-corrected chi connectivity index (χ4v) is 0.929. The predicted molar refractivity (Wildman–Crippen MR) is 60.2 cm³/mol. The molecule has 0 saturated heterocycles. The molecule has 0 aromatic carbocycles. The zero-order valence-electron chi connectivity index (χ0n) is 10.7. The molecule has 0 rings (SSSR count). The van der Waals surface area contributed by atoms with Gasteiger partial charge in [0.1, 0.15) is 6.79 Å². The van der Waals surface area contributed by atoms with Crippen molar-refractivity contribution in [2.24, 2.45) is 0 Å². The van der Waals surface area contributed by atoms with Crippen molar-refractivity contribution in [3.63, 3.8) is 0 Å². The van der Waals surface area contributed by atoms with Crippen LogP contribution in [0.1, 0.15) is 26.7 Å². The summed E-state index contributed by atoms with van der Waals surface area (Å²) in [5.41, 5.74) is 0. The smallest absolute Gasteiger partial charge is 0.307 e. The summed E-state index contributed by atoms with van der Waals surface area (Å²) in [7, 11) is 1.54. The van der Waals surface area contributed by atoms with Gasteiger partial charge >= 0.3 is 5.97 Å². The standard InChI is InChI=1S/C11H22O6/c1-9(15-7-14-3)4-5-11(13)17-8-16-10(2)6-12/h9-10,12H,4-8H2,1-3H3. The van der Waals surface area contributed by atoms with E-state index < -0.39 is 0 Å². The fourth-order valence-electron chi connectivity index (χ4n) is 0.929. The van der Waals surface area contributed by atoms with Crippen LogP contribution in [0.4, 0.5) is 0 Å².